The van der Waals surface area contributed by atoms with Crippen LogP contribution >= 0.6 is 0 Å². The van der Waals surface area contributed by atoms with E-state index in [2.05, 4.69) is 0 Å². The Morgan fingerprint density at radius 2 is 1.80 bits per heavy atom. The zero-order chi connectivity index (χ0) is 11.8. The third-order valence-corrected chi connectivity index (χ3v) is 2.23. The molecule has 0 rings (SSSR count). The second kappa shape index (κ2) is 7.23. The standard InChI is InChI=1S/C10H18O5/c1-2-3-8(11)6-7(10(14)15)4-5-9(12)13/h7-8,11H,2-6H2,1H3,(H,12,13)(H,14,15). The lowest BCUT2D eigenvalue weighted by atomic mass is 9.94. The molecule has 2 atom stereocenters. The van der Waals surface area contributed by atoms with Gasteiger partial charge in [-0.05, 0) is 19.3 Å². The highest BCUT2D eigenvalue weighted by Crippen LogP contribution is 2.16. The topological polar surface area (TPSA) is 94.8 Å². The van der Waals surface area contributed by atoms with E-state index in [0.29, 0.717) is 6.42 Å². The Hall–Kier alpha value is -1.10. The molecule has 0 fully saturated rings. The number of aliphatic hydroxyl groups excluding tert-OH is 1. The molecule has 3 N–H and O–H groups in total. The number of carboxylic acids is 2. The summed E-state index contributed by atoms with van der Waals surface area (Å²) in [6, 6.07) is 0. The van der Waals surface area contributed by atoms with Crippen molar-refractivity contribution in [1.29, 1.82) is 0 Å². The minimum absolute atomic E-state index is 0.0748. The van der Waals surface area contributed by atoms with E-state index in [1.807, 2.05) is 6.92 Å². The van der Waals surface area contributed by atoms with Gasteiger partial charge in [0.1, 0.15) is 0 Å². The normalized spacial score (nSPS) is 14.5. The second-order valence-electron chi connectivity index (χ2n) is 3.65. The molecule has 0 spiro atoms. The largest absolute Gasteiger partial charge is 0.481 e. The molecular weight excluding hydrogens is 200 g/mol. The third kappa shape index (κ3) is 6.90. The van der Waals surface area contributed by atoms with Crippen molar-refractivity contribution in [1.82, 2.24) is 0 Å². The van der Waals surface area contributed by atoms with Crippen molar-refractivity contribution in [2.24, 2.45) is 5.92 Å². The van der Waals surface area contributed by atoms with Crippen LogP contribution in [0.25, 0.3) is 0 Å². The summed E-state index contributed by atoms with van der Waals surface area (Å²) in [4.78, 5) is 21.0. The Morgan fingerprint density at radius 1 is 1.20 bits per heavy atom. The van der Waals surface area contributed by atoms with Crippen LogP contribution in [0.3, 0.4) is 0 Å². The molecule has 2 unspecified atom stereocenters. The minimum Gasteiger partial charge on any atom is -0.481 e. The number of aliphatic hydroxyl groups is 1. The third-order valence-electron chi connectivity index (χ3n) is 2.23. The maximum absolute atomic E-state index is 10.7. The molecule has 5 heteroatoms. The molecule has 0 saturated carbocycles. The number of carbonyl (C=O) groups is 2. The lowest BCUT2D eigenvalue weighted by Gasteiger charge is -2.15. The van der Waals surface area contributed by atoms with Gasteiger partial charge in [0, 0.05) is 6.42 Å². The highest BCUT2D eigenvalue weighted by Gasteiger charge is 2.21. The van der Waals surface area contributed by atoms with Crippen molar-refractivity contribution in [2.45, 2.75) is 45.1 Å². The molecule has 0 aliphatic heterocycles. The second-order valence-corrected chi connectivity index (χ2v) is 3.65. The van der Waals surface area contributed by atoms with Crippen LogP contribution in [0.2, 0.25) is 0 Å². The van der Waals surface area contributed by atoms with Crippen LogP contribution in [0, 0.1) is 5.92 Å². The van der Waals surface area contributed by atoms with Gasteiger partial charge in [-0.1, -0.05) is 13.3 Å². The van der Waals surface area contributed by atoms with Crippen molar-refractivity contribution in [2.75, 3.05) is 0 Å². The molecule has 0 amide bonds. The van der Waals surface area contributed by atoms with Crippen molar-refractivity contribution < 1.29 is 24.9 Å². The summed E-state index contributed by atoms with van der Waals surface area (Å²) < 4.78 is 0. The molecule has 0 aromatic heterocycles. The van der Waals surface area contributed by atoms with Crippen LogP contribution < -0.4 is 0 Å². The van der Waals surface area contributed by atoms with Crippen LogP contribution in [0.4, 0.5) is 0 Å². The minimum atomic E-state index is -1.04. The molecule has 0 aliphatic carbocycles. The van der Waals surface area contributed by atoms with Crippen molar-refractivity contribution >= 4 is 11.9 Å². The monoisotopic (exact) mass is 218 g/mol. The molecule has 0 aliphatic rings. The van der Waals surface area contributed by atoms with Crippen molar-refractivity contribution in [3.8, 4) is 0 Å². The Kier molecular flexibility index (Phi) is 6.70. The fourth-order valence-corrected chi connectivity index (χ4v) is 1.42. The summed E-state index contributed by atoms with van der Waals surface area (Å²) in [6.07, 6.45) is 0.728. The zero-order valence-corrected chi connectivity index (χ0v) is 8.85. The predicted molar refractivity (Wildman–Crippen MR) is 53.5 cm³/mol. The molecule has 0 saturated heterocycles. The van der Waals surface area contributed by atoms with Gasteiger partial charge in [-0.25, -0.2) is 0 Å². The molecule has 88 valence electrons. The molecular formula is C10H18O5. The molecule has 0 heterocycles. The van der Waals surface area contributed by atoms with Crippen LogP contribution in [0.15, 0.2) is 0 Å². The van der Waals surface area contributed by atoms with E-state index in [9.17, 15) is 14.7 Å². The number of hydrogen-bond donors (Lipinski definition) is 3. The predicted octanol–water partition coefficient (Wildman–Crippen LogP) is 1.10. The highest BCUT2D eigenvalue weighted by atomic mass is 16.4. The summed E-state index contributed by atoms with van der Waals surface area (Å²) in [7, 11) is 0. The first kappa shape index (κ1) is 13.9. The van der Waals surface area contributed by atoms with E-state index in [1.54, 1.807) is 0 Å². The maximum atomic E-state index is 10.7. The Morgan fingerprint density at radius 3 is 2.20 bits per heavy atom. The average Bonchev–Trinajstić information content (AvgIpc) is 2.11. The van der Waals surface area contributed by atoms with Gasteiger partial charge in [-0.15, -0.1) is 0 Å². The fourth-order valence-electron chi connectivity index (χ4n) is 1.42. The van der Waals surface area contributed by atoms with E-state index in [0.717, 1.165) is 6.42 Å². The number of aliphatic carboxylic acids is 2. The average molecular weight is 218 g/mol. The summed E-state index contributed by atoms with van der Waals surface area (Å²) in [5, 5.41) is 26.6. The maximum Gasteiger partial charge on any atom is 0.306 e. The van der Waals surface area contributed by atoms with Gasteiger partial charge in [0.15, 0.2) is 0 Å². The van der Waals surface area contributed by atoms with Gasteiger partial charge in [-0.3, -0.25) is 9.59 Å². The van der Waals surface area contributed by atoms with Gasteiger partial charge in [-0.2, -0.15) is 0 Å². The summed E-state index contributed by atoms with van der Waals surface area (Å²) in [5.74, 6) is -2.81. The van der Waals surface area contributed by atoms with E-state index in [-0.39, 0.29) is 19.3 Å². The smallest absolute Gasteiger partial charge is 0.306 e. The van der Waals surface area contributed by atoms with Crippen molar-refractivity contribution in [3.63, 3.8) is 0 Å². The lowest BCUT2D eigenvalue weighted by molar-refractivity contribution is -0.144. The highest BCUT2D eigenvalue weighted by molar-refractivity contribution is 5.72. The quantitative estimate of drug-likeness (QED) is 0.567. The first-order valence-electron chi connectivity index (χ1n) is 5.10. The van der Waals surface area contributed by atoms with E-state index < -0.39 is 24.0 Å². The zero-order valence-electron chi connectivity index (χ0n) is 8.85. The van der Waals surface area contributed by atoms with Gasteiger partial charge >= 0.3 is 11.9 Å². The summed E-state index contributed by atoms with van der Waals surface area (Å²) >= 11 is 0. The molecule has 0 aromatic rings. The molecule has 15 heavy (non-hydrogen) atoms. The first-order chi connectivity index (χ1) is 6.97. The van der Waals surface area contributed by atoms with E-state index >= 15 is 0 Å². The molecule has 0 aromatic carbocycles. The number of carboxylic acid groups (broad SMARTS) is 2. The number of rotatable bonds is 8. The van der Waals surface area contributed by atoms with Crippen LogP contribution in [0.1, 0.15) is 39.0 Å². The Labute approximate surface area is 88.7 Å². The Bertz CT molecular complexity index is 214. The van der Waals surface area contributed by atoms with E-state index in [1.165, 1.54) is 0 Å². The van der Waals surface area contributed by atoms with Gasteiger partial charge in [0.05, 0.1) is 12.0 Å². The van der Waals surface area contributed by atoms with Gasteiger partial charge in [0.25, 0.3) is 0 Å². The summed E-state index contributed by atoms with van der Waals surface area (Å²) in [5.41, 5.74) is 0. The van der Waals surface area contributed by atoms with E-state index in [4.69, 9.17) is 10.2 Å². The molecule has 5 nitrogen and oxygen atoms in total. The SMILES string of the molecule is CCCC(O)CC(CCC(=O)O)C(=O)O. The molecule has 0 radical (unpaired) electrons. The van der Waals surface area contributed by atoms with Crippen molar-refractivity contribution in [3.05, 3.63) is 0 Å². The van der Waals surface area contributed by atoms with Gasteiger partial charge < -0.3 is 15.3 Å². The Balaban J connectivity index is 4.04. The summed E-state index contributed by atoms with van der Waals surface area (Å²) in [6.45, 7) is 1.90. The van der Waals surface area contributed by atoms with Crippen LogP contribution in [-0.4, -0.2) is 33.4 Å². The number of hydrogen-bond acceptors (Lipinski definition) is 3. The first-order valence-corrected chi connectivity index (χ1v) is 5.10. The van der Waals surface area contributed by atoms with Gasteiger partial charge in [0.2, 0.25) is 0 Å². The fraction of sp³-hybridized carbons (Fsp3) is 0.800. The molecule has 0 bridgehead atoms. The van der Waals surface area contributed by atoms with Crippen LogP contribution in [0.5, 0.6) is 0 Å². The lowest BCUT2D eigenvalue weighted by Crippen LogP contribution is -2.21. The van der Waals surface area contributed by atoms with Crippen LogP contribution in [-0.2, 0) is 9.59 Å².